The topological polar surface area (TPSA) is 8.81 Å². The number of hydrogen-bond acceptors (Lipinski definition) is 0. The molecule has 0 aliphatic carbocycles. The number of fused-ring (bicyclic) bond motifs is 1. The smallest absolute Gasteiger partial charge is 0.225 e. The first-order valence-electron chi connectivity index (χ1n) is 12.3. The fraction of sp³-hybridized carbons (Fsp3) is 0.387. The van der Waals surface area contributed by atoms with Crippen molar-refractivity contribution >= 4 is 11.0 Å². The van der Waals surface area contributed by atoms with Crippen molar-refractivity contribution in [2.75, 3.05) is 0 Å². The molecule has 0 saturated carbocycles. The van der Waals surface area contributed by atoms with E-state index < -0.39 is 0 Å². The lowest BCUT2D eigenvalue weighted by molar-refractivity contribution is -0.633. The van der Waals surface area contributed by atoms with E-state index in [1.165, 1.54) is 50.4 Å². The first kappa shape index (κ1) is 23.3. The van der Waals surface area contributed by atoms with Gasteiger partial charge in [-0.15, -0.1) is 0 Å². The first-order valence-corrected chi connectivity index (χ1v) is 12.3. The molecule has 33 heavy (non-hydrogen) atoms. The van der Waals surface area contributed by atoms with Crippen LogP contribution in [0.15, 0.2) is 60.7 Å². The van der Waals surface area contributed by atoms with Crippen LogP contribution in [-0.4, -0.2) is 4.57 Å². The molecule has 0 radical (unpaired) electrons. The second kappa shape index (κ2) is 8.48. The Kier molecular flexibility index (Phi) is 5.99. The van der Waals surface area contributed by atoms with Crippen LogP contribution in [-0.2, 0) is 12.5 Å². The first-order chi connectivity index (χ1) is 15.5. The second-order valence-electron chi connectivity index (χ2n) is 11.1. The van der Waals surface area contributed by atoms with Gasteiger partial charge in [0.05, 0.1) is 12.6 Å². The molecule has 0 bridgehead atoms. The summed E-state index contributed by atoms with van der Waals surface area (Å²) in [7, 11) is 2.21. The minimum Gasteiger partial charge on any atom is -0.225 e. The fourth-order valence-corrected chi connectivity index (χ4v) is 4.95. The van der Waals surface area contributed by atoms with Gasteiger partial charge >= 0.3 is 0 Å². The number of nitrogens with zero attached hydrogens (tertiary/aromatic N) is 2. The van der Waals surface area contributed by atoms with Crippen molar-refractivity contribution in [1.29, 1.82) is 0 Å². The highest BCUT2D eigenvalue weighted by Gasteiger charge is 2.32. The van der Waals surface area contributed by atoms with Gasteiger partial charge < -0.3 is 0 Å². The van der Waals surface area contributed by atoms with Crippen LogP contribution < -0.4 is 4.57 Å². The van der Waals surface area contributed by atoms with E-state index in [-0.39, 0.29) is 5.41 Å². The van der Waals surface area contributed by atoms with Crippen molar-refractivity contribution in [1.82, 2.24) is 4.57 Å². The summed E-state index contributed by atoms with van der Waals surface area (Å²) in [4.78, 5) is 0. The molecule has 0 saturated heterocycles. The molecule has 4 rings (SSSR count). The highest BCUT2D eigenvalue weighted by molar-refractivity contribution is 5.81. The minimum atomic E-state index is 0.0864. The van der Waals surface area contributed by atoms with E-state index in [4.69, 9.17) is 0 Å². The van der Waals surface area contributed by atoms with Crippen LogP contribution in [0.2, 0.25) is 0 Å². The van der Waals surface area contributed by atoms with Crippen LogP contribution in [0.4, 0.5) is 0 Å². The van der Waals surface area contributed by atoms with Crippen molar-refractivity contribution in [2.24, 2.45) is 7.05 Å². The Morgan fingerprint density at radius 3 is 1.94 bits per heavy atom. The van der Waals surface area contributed by atoms with E-state index in [1.54, 1.807) is 0 Å². The number of aryl methyl sites for hydroxylation is 2. The summed E-state index contributed by atoms with van der Waals surface area (Å²) in [5.41, 5.74) is 10.7. The van der Waals surface area contributed by atoms with Gasteiger partial charge in [-0.1, -0.05) is 90.9 Å². The van der Waals surface area contributed by atoms with E-state index in [0.29, 0.717) is 11.8 Å². The molecular formula is C31H39N2+. The van der Waals surface area contributed by atoms with E-state index in [9.17, 15) is 0 Å². The number of rotatable bonds is 4. The van der Waals surface area contributed by atoms with Crippen molar-refractivity contribution in [3.05, 3.63) is 82.9 Å². The zero-order valence-corrected chi connectivity index (χ0v) is 21.8. The average Bonchev–Trinajstić information content (AvgIpc) is 3.04. The van der Waals surface area contributed by atoms with Gasteiger partial charge in [0.1, 0.15) is 5.69 Å². The van der Waals surface area contributed by atoms with Crippen LogP contribution in [0.3, 0.4) is 0 Å². The molecule has 2 nitrogen and oxygen atoms in total. The van der Waals surface area contributed by atoms with E-state index in [2.05, 4.69) is 132 Å². The van der Waals surface area contributed by atoms with Crippen LogP contribution in [0.1, 0.15) is 82.6 Å². The summed E-state index contributed by atoms with van der Waals surface area (Å²) < 4.78 is 4.93. The third kappa shape index (κ3) is 4.01. The maximum atomic E-state index is 2.55. The van der Waals surface area contributed by atoms with E-state index in [1.807, 2.05) is 0 Å². The Morgan fingerprint density at radius 2 is 1.39 bits per heavy atom. The molecule has 4 aromatic rings. The second-order valence-corrected chi connectivity index (χ2v) is 11.1. The third-order valence-electron chi connectivity index (χ3n) is 6.93. The molecule has 0 unspecified atom stereocenters. The zero-order chi connectivity index (χ0) is 24.1. The number of para-hydroxylation sites is 1. The quantitative estimate of drug-likeness (QED) is 0.285. The molecule has 0 fully saturated rings. The minimum absolute atomic E-state index is 0.0864. The van der Waals surface area contributed by atoms with Gasteiger partial charge in [0.15, 0.2) is 11.0 Å². The summed E-state index contributed by atoms with van der Waals surface area (Å²) in [6.07, 6.45) is 0. The lowest BCUT2D eigenvalue weighted by atomic mass is 9.87. The maximum Gasteiger partial charge on any atom is 0.295 e. The summed E-state index contributed by atoms with van der Waals surface area (Å²) in [6.45, 7) is 18.3. The summed E-state index contributed by atoms with van der Waals surface area (Å²) in [6, 6.07) is 22.6. The summed E-state index contributed by atoms with van der Waals surface area (Å²) in [5.74, 6) is 2.10. The molecule has 0 amide bonds. The monoisotopic (exact) mass is 439 g/mol. The summed E-state index contributed by atoms with van der Waals surface area (Å²) in [5, 5.41) is 0. The van der Waals surface area contributed by atoms with Gasteiger partial charge in [0.2, 0.25) is 0 Å². The largest absolute Gasteiger partial charge is 0.295 e. The molecule has 0 atom stereocenters. The molecule has 0 aliphatic rings. The standard InChI is InChI=1S/C31H39N2/c1-20(2)24-15-12-16-25(21(3)4)29(24)33-28-19-23(31(6,7)8)17-18-27(28)32(9)30(33)26-14-11-10-13-22(26)5/h10-21H,1-9H3/q+1. The molecule has 0 aliphatic heterocycles. The molecule has 0 spiro atoms. The Morgan fingerprint density at radius 1 is 0.788 bits per heavy atom. The lowest BCUT2D eigenvalue weighted by Gasteiger charge is -2.20. The number of aromatic nitrogens is 2. The van der Waals surface area contributed by atoms with Gasteiger partial charge in [-0.3, -0.25) is 0 Å². The average molecular weight is 440 g/mol. The Labute approximate surface area is 199 Å². The van der Waals surface area contributed by atoms with Gasteiger partial charge in [0.25, 0.3) is 5.82 Å². The van der Waals surface area contributed by atoms with Gasteiger partial charge in [-0.25, -0.2) is 4.57 Å². The molecular weight excluding hydrogens is 400 g/mol. The molecule has 3 aromatic carbocycles. The normalized spacial score (nSPS) is 12.3. The predicted octanol–water partition coefficient (Wildman–Crippen LogP) is 7.97. The predicted molar refractivity (Wildman–Crippen MR) is 142 cm³/mol. The van der Waals surface area contributed by atoms with Gasteiger partial charge in [-0.2, -0.15) is 4.57 Å². The Balaban J connectivity index is 2.25. The number of benzene rings is 3. The number of hydrogen-bond donors (Lipinski definition) is 0. The van der Waals surface area contributed by atoms with Crippen molar-refractivity contribution < 1.29 is 4.57 Å². The van der Waals surface area contributed by atoms with Crippen molar-refractivity contribution in [3.8, 4) is 17.1 Å². The maximum absolute atomic E-state index is 2.55. The fourth-order valence-electron chi connectivity index (χ4n) is 4.95. The molecule has 0 N–H and O–H groups in total. The van der Waals surface area contributed by atoms with Crippen LogP contribution in [0.25, 0.3) is 28.1 Å². The Hall–Kier alpha value is -2.87. The van der Waals surface area contributed by atoms with E-state index in [0.717, 1.165) is 0 Å². The lowest BCUT2D eigenvalue weighted by Crippen LogP contribution is -2.30. The molecule has 1 heterocycles. The van der Waals surface area contributed by atoms with Gasteiger partial charge in [-0.05, 0) is 53.5 Å². The highest BCUT2D eigenvalue weighted by Crippen LogP contribution is 2.38. The molecule has 1 aromatic heterocycles. The van der Waals surface area contributed by atoms with Gasteiger partial charge in [0, 0.05) is 11.1 Å². The molecule has 2 heteroatoms. The summed E-state index contributed by atoms with van der Waals surface area (Å²) >= 11 is 0. The van der Waals surface area contributed by atoms with Crippen LogP contribution >= 0.6 is 0 Å². The molecule has 172 valence electrons. The van der Waals surface area contributed by atoms with Crippen LogP contribution in [0.5, 0.6) is 0 Å². The van der Waals surface area contributed by atoms with E-state index >= 15 is 0 Å². The van der Waals surface area contributed by atoms with Crippen LogP contribution in [0, 0.1) is 6.92 Å². The van der Waals surface area contributed by atoms with Crippen molar-refractivity contribution in [2.45, 2.75) is 72.6 Å². The third-order valence-corrected chi connectivity index (χ3v) is 6.93. The highest BCUT2D eigenvalue weighted by atomic mass is 15.2. The zero-order valence-electron chi connectivity index (χ0n) is 21.8. The van der Waals surface area contributed by atoms with Crippen molar-refractivity contribution in [3.63, 3.8) is 0 Å². The SMILES string of the molecule is Cc1ccccc1-c1n(-c2c(C(C)C)cccc2C(C)C)c2cc(C(C)(C)C)ccc2[n+]1C. The number of imidazole rings is 1. The Bertz CT molecular complexity index is 1290.